The van der Waals surface area contributed by atoms with Gasteiger partial charge in [0.1, 0.15) is 5.52 Å². The minimum absolute atomic E-state index is 0.0813. The zero-order valence-corrected chi connectivity index (χ0v) is 20.2. The van der Waals surface area contributed by atoms with E-state index < -0.39 is 15.9 Å². The smallest absolute Gasteiger partial charge is 0.255 e. The van der Waals surface area contributed by atoms with Gasteiger partial charge in [-0.3, -0.25) is 4.79 Å². The van der Waals surface area contributed by atoms with Crippen molar-refractivity contribution >= 4 is 32.7 Å². The van der Waals surface area contributed by atoms with Crippen LogP contribution in [-0.2, 0) is 14.8 Å². The standard InChI is InChI=1S/C26H25N3O5S/c1-17-15-29(16-18(2)33-17)35(31,32)22-7-5-6-20(14-22)25(30)27-21-12-10-19(11-13-21)26-28-23-8-3-4-9-24(23)34-26/h3-14,17-18H,15-16H2,1-2H3,(H,27,30). The summed E-state index contributed by atoms with van der Waals surface area (Å²) in [7, 11) is -3.75. The Morgan fingerprint density at radius 1 is 0.971 bits per heavy atom. The van der Waals surface area contributed by atoms with Crippen molar-refractivity contribution in [2.24, 2.45) is 0 Å². The highest BCUT2D eigenvalue weighted by atomic mass is 32.2. The van der Waals surface area contributed by atoms with Crippen molar-refractivity contribution in [1.29, 1.82) is 0 Å². The SMILES string of the molecule is CC1CN(S(=O)(=O)c2cccc(C(=O)Nc3ccc(-c4nc5ccccc5o4)cc3)c2)CC(C)O1. The third-order valence-corrected chi connectivity index (χ3v) is 7.63. The van der Waals surface area contributed by atoms with Gasteiger partial charge >= 0.3 is 0 Å². The van der Waals surface area contributed by atoms with E-state index in [4.69, 9.17) is 9.15 Å². The summed E-state index contributed by atoms with van der Waals surface area (Å²) in [4.78, 5) is 17.4. The lowest BCUT2D eigenvalue weighted by Crippen LogP contribution is -2.48. The van der Waals surface area contributed by atoms with Crippen LogP contribution in [0.1, 0.15) is 24.2 Å². The number of hydrogen-bond donors (Lipinski definition) is 1. The number of anilines is 1. The van der Waals surface area contributed by atoms with E-state index in [1.165, 1.54) is 16.4 Å². The molecule has 4 aromatic rings. The van der Waals surface area contributed by atoms with Gasteiger partial charge in [0.05, 0.1) is 17.1 Å². The topological polar surface area (TPSA) is 102 Å². The van der Waals surface area contributed by atoms with Gasteiger partial charge in [0.2, 0.25) is 15.9 Å². The summed E-state index contributed by atoms with van der Waals surface area (Å²) in [5.74, 6) is 0.0918. The molecule has 9 heteroatoms. The molecule has 0 saturated carbocycles. The average Bonchev–Trinajstić information content (AvgIpc) is 3.28. The number of aromatic nitrogens is 1. The number of carbonyl (C=O) groups excluding carboxylic acids is 1. The number of rotatable bonds is 5. The van der Waals surface area contributed by atoms with Crippen LogP contribution in [0.5, 0.6) is 0 Å². The maximum absolute atomic E-state index is 13.2. The highest BCUT2D eigenvalue weighted by molar-refractivity contribution is 7.89. The van der Waals surface area contributed by atoms with Crippen LogP contribution >= 0.6 is 0 Å². The van der Waals surface area contributed by atoms with E-state index in [2.05, 4.69) is 10.3 Å². The number of benzene rings is 3. The fraction of sp³-hybridized carbons (Fsp3) is 0.231. The molecule has 5 rings (SSSR count). The van der Waals surface area contributed by atoms with E-state index in [0.29, 0.717) is 17.2 Å². The van der Waals surface area contributed by atoms with Crippen molar-refractivity contribution in [3.05, 3.63) is 78.4 Å². The third-order valence-electron chi connectivity index (χ3n) is 5.80. The first-order valence-electron chi connectivity index (χ1n) is 11.3. The highest BCUT2D eigenvalue weighted by Crippen LogP contribution is 2.26. The Hall–Kier alpha value is -3.53. The van der Waals surface area contributed by atoms with Gasteiger partial charge in [-0.2, -0.15) is 4.31 Å². The molecule has 2 heterocycles. The Morgan fingerprint density at radius 3 is 2.40 bits per heavy atom. The molecule has 8 nitrogen and oxygen atoms in total. The summed E-state index contributed by atoms with van der Waals surface area (Å²) in [5.41, 5.74) is 3.08. The zero-order chi connectivity index (χ0) is 24.6. The quantitative estimate of drug-likeness (QED) is 0.440. The molecule has 1 aliphatic rings. The second kappa shape index (κ2) is 9.26. The predicted octanol–water partition coefficient (Wildman–Crippen LogP) is 4.55. The highest BCUT2D eigenvalue weighted by Gasteiger charge is 2.32. The van der Waals surface area contributed by atoms with Gasteiger partial charge in [0.15, 0.2) is 5.58 Å². The lowest BCUT2D eigenvalue weighted by Gasteiger charge is -2.34. The molecule has 0 aliphatic carbocycles. The van der Waals surface area contributed by atoms with E-state index in [-0.39, 0.29) is 35.8 Å². The third kappa shape index (κ3) is 4.84. The molecule has 0 spiro atoms. The zero-order valence-electron chi connectivity index (χ0n) is 19.3. The maximum Gasteiger partial charge on any atom is 0.255 e. The Labute approximate surface area is 203 Å². The second-order valence-corrected chi connectivity index (χ2v) is 10.6. The summed E-state index contributed by atoms with van der Waals surface area (Å²) in [5, 5.41) is 2.82. The van der Waals surface area contributed by atoms with Crippen LogP contribution in [0.15, 0.2) is 82.1 Å². The van der Waals surface area contributed by atoms with Gasteiger partial charge < -0.3 is 14.5 Å². The molecule has 1 fully saturated rings. The van der Waals surface area contributed by atoms with Crippen LogP contribution in [0.2, 0.25) is 0 Å². The molecule has 2 atom stereocenters. The van der Waals surface area contributed by atoms with E-state index in [9.17, 15) is 13.2 Å². The molecular weight excluding hydrogens is 466 g/mol. The Bertz CT molecular complexity index is 1440. The van der Waals surface area contributed by atoms with Crippen LogP contribution < -0.4 is 5.32 Å². The summed E-state index contributed by atoms with van der Waals surface area (Å²) < 4.78 is 39.2. The molecule has 1 amide bonds. The molecule has 3 aromatic carbocycles. The van der Waals surface area contributed by atoms with Crippen molar-refractivity contribution in [3.8, 4) is 11.5 Å². The van der Waals surface area contributed by atoms with E-state index >= 15 is 0 Å². The number of para-hydroxylation sites is 2. The fourth-order valence-electron chi connectivity index (χ4n) is 4.17. The lowest BCUT2D eigenvalue weighted by molar-refractivity contribution is -0.0440. The molecule has 35 heavy (non-hydrogen) atoms. The van der Waals surface area contributed by atoms with Gasteiger partial charge in [0, 0.05) is 29.9 Å². The molecule has 1 aromatic heterocycles. The second-order valence-electron chi connectivity index (χ2n) is 8.63. The fourth-order valence-corrected chi connectivity index (χ4v) is 5.81. The van der Waals surface area contributed by atoms with Gasteiger partial charge in [-0.1, -0.05) is 18.2 Å². The molecule has 1 aliphatic heterocycles. The molecular formula is C26H25N3O5S. The van der Waals surface area contributed by atoms with Crippen LogP contribution in [-0.4, -0.2) is 48.9 Å². The number of morpholine rings is 1. The summed E-state index contributed by atoms with van der Waals surface area (Å²) in [6.07, 6.45) is -0.393. The Morgan fingerprint density at radius 2 is 1.69 bits per heavy atom. The summed E-state index contributed by atoms with van der Waals surface area (Å²) >= 11 is 0. The number of ether oxygens (including phenoxy) is 1. The molecule has 1 saturated heterocycles. The lowest BCUT2D eigenvalue weighted by atomic mass is 10.2. The number of carbonyl (C=O) groups is 1. The summed E-state index contributed by atoms with van der Waals surface area (Å²) in [6.45, 7) is 4.24. The molecule has 0 radical (unpaired) electrons. The van der Waals surface area contributed by atoms with Gasteiger partial charge in [0.25, 0.3) is 5.91 Å². The monoisotopic (exact) mass is 491 g/mol. The number of sulfonamides is 1. The minimum atomic E-state index is -3.75. The number of nitrogens with zero attached hydrogens (tertiary/aromatic N) is 2. The Kier molecular flexibility index (Phi) is 6.14. The van der Waals surface area contributed by atoms with E-state index in [1.54, 1.807) is 24.3 Å². The minimum Gasteiger partial charge on any atom is -0.436 e. The first kappa shape index (κ1) is 23.2. The number of nitrogens with one attached hydrogen (secondary N) is 1. The largest absolute Gasteiger partial charge is 0.436 e. The van der Waals surface area contributed by atoms with Crippen LogP contribution in [0.4, 0.5) is 5.69 Å². The van der Waals surface area contributed by atoms with Gasteiger partial charge in [-0.05, 0) is 68.4 Å². The number of amides is 1. The summed E-state index contributed by atoms with van der Waals surface area (Å²) in [6, 6.07) is 20.7. The number of oxazole rings is 1. The van der Waals surface area contributed by atoms with Gasteiger partial charge in [-0.15, -0.1) is 0 Å². The van der Waals surface area contributed by atoms with Gasteiger partial charge in [-0.25, -0.2) is 13.4 Å². The Balaban J connectivity index is 1.31. The first-order chi connectivity index (χ1) is 16.8. The van der Waals surface area contributed by atoms with E-state index in [0.717, 1.165) is 11.1 Å². The number of hydrogen-bond acceptors (Lipinski definition) is 6. The van der Waals surface area contributed by atoms with E-state index in [1.807, 2.05) is 50.2 Å². The predicted molar refractivity (Wildman–Crippen MR) is 133 cm³/mol. The number of fused-ring (bicyclic) bond motifs is 1. The molecule has 1 N–H and O–H groups in total. The maximum atomic E-state index is 13.2. The van der Waals surface area contributed by atoms with Crippen LogP contribution in [0.3, 0.4) is 0 Å². The van der Waals surface area contributed by atoms with Crippen molar-refractivity contribution in [2.75, 3.05) is 18.4 Å². The first-order valence-corrected chi connectivity index (χ1v) is 12.8. The normalized spacial score (nSPS) is 19.0. The van der Waals surface area contributed by atoms with Crippen molar-refractivity contribution < 1.29 is 22.4 Å². The van der Waals surface area contributed by atoms with Crippen molar-refractivity contribution in [3.63, 3.8) is 0 Å². The molecule has 2 unspecified atom stereocenters. The van der Waals surface area contributed by atoms with Crippen molar-refractivity contribution in [1.82, 2.24) is 9.29 Å². The average molecular weight is 492 g/mol. The molecule has 180 valence electrons. The van der Waals surface area contributed by atoms with Crippen LogP contribution in [0.25, 0.3) is 22.6 Å². The van der Waals surface area contributed by atoms with Crippen molar-refractivity contribution in [2.45, 2.75) is 31.0 Å². The molecule has 0 bridgehead atoms. The van der Waals surface area contributed by atoms with Crippen LogP contribution in [0, 0.1) is 0 Å².